The van der Waals surface area contributed by atoms with E-state index in [-0.39, 0.29) is 0 Å². The van der Waals surface area contributed by atoms with Crippen LogP contribution in [0.1, 0.15) is 55.0 Å². The van der Waals surface area contributed by atoms with Crippen molar-refractivity contribution in [3.8, 4) is 0 Å². The molecule has 2 aromatic heterocycles. The number of hydrogen-bond acceptors (Lipinski definition) is 4. The van der Waals surface area contributed by atoms with Gasteiger partial charge in [0.05, 0.1) is 10.6 Å². The van der Waals surface area contributed by atoms with E-state index in [1.54, 1.807) is 12.1 Å². The molecule has 0 spiro atoms. The molecular formula is C20H22N4O2S. The summed E-state index contributed by atoms with van der Waals surface area (Å²) in [6.45, 7) is 0. The molecule has 3 aromatic rings. The molecule has 2 aliphatic carbocycles. The maximum absolute atomic E-state index is 13.0. The average Bonchev–Trinajstić information content (AvgIpc) is 3.04. The molecule has 0 atom stereocenters. The number of benzene rings is 1. The first-order valence-corrected chi connectivity index (χ1v) is 11.1. The van der Waals surface area contributed by atoms with Crippen LogP contribution in [0.2, 0.25) is 0 Å². The van der Waals surface area contributed by atoms with Gasteiger partial charge in [-0.3, -0.25) is 9.12 Å². The fourth-order valence-corrected chi connectivity index (χ4v) is 5.15. The second kappa shape index (κ2) is 6.34. The number of hydrogen-bond donors (Lipinski definition) is 1. The molecule has 2 aliphatic rings. The molecule has 1 fully saturated rings. The van der Waals surface area contributed by atoms with Gasteiger partial charge in [0, 0.05) is 12.1 Å². The van der Waals surface area contributed by atoms with E-state index in [9.17, 15) is 8.42 Å². The number of nitrogens with one attached hydrogen (secondary N) is 1. The third-order valence-electron chi connectivity index (χ3n) is 5.81. The van der Waals surface area contributed by atoms with Gasteiger partial charge in [0.25, 0.3) is 10.0 Å². The van der Waals surface area contributed by atoms with Gasteiger partial charge < -0.3 is 0 Å². The van der Waals surface area contributed by atoms with Gasteiger partial charge in [-0.15, -0.1) is 10.2 Å². The molecule has 0 aliphatic heterocycles. The minimum atomic E-state index is -3.67. The number of pyridine rings is 1. The SMILES string of the molecule is O=S(=O)(Nc1cccn2c(C3CCC3)nnc12)c1ccc2c(c1)CCCC2. The molecule has 5 rings (SSSR count). The van der Waals surface area contributed by atoms with Gasteiger partial charge in [-0.25, -0.2) is 8.42 Å². The van der Waals surface area contributed by atoms with Crippen LogP contribution in [-0.2, 0) is 22.9 Å². The normalized spacial score (nSPS) is 17.5. The van der Waals surface area contributed by atoms with Crippen molar-refractivity contribution in [1.29, 1.82) is 0 Å². The van der Waals surface area contributed by atoms with Crippen LogP contribution in [0.3, 0.4) is 0 Å². The third-order valence-corrected chi connectivity index (χ3v) is 7.17. The molecule has 7 heteroatoms. The van der Waals surface area contributed by atoms with E-state index in [1.165, 1.54) is 18.4 Å². The number of anilines is 1. The number of aromatic nitrogens is 3. The standard InChI is InChI=1S/C20H22N4O2S/c25-27(26,17-11-10-14-5-1-2-6-16(14)13-17)23-18-9-4-12-24-19(15-7-3-8-15)21-22-20(18)24/h4,9-13,15,23H,1-3,5-8H2. The van der Waals surface area contributed by atoms with Gasteiger partial charge in [-0.1, -0.05) is 12.5 Å². The van der Waals surface area contributed by atoms with E-state index in [0.717, 1.165) is 43.5 Å². The van der Waals surface area contributed by atoms with E-state index >= 15 is 0 Å². The van der Waals surface area contributed by atoms with Crippen molar-refractivity contribution in [2.75, 3.05) is 4.72 Å². The summed E-state index contributed by atoms with van der Waals surface area (Å²) in [7, 11) is -3.67. The maximum atomic E-state index is 13.0. The monoisotopic (exact) mass is 382 g/mol. The fourth-order valence-electron chi connectivity index (χ4n) is 4.04. The molecule has 1 N–H and O–H groups in total. The van der Waals surface area contributed by atoms with Crippen LogP contribution < -0.4 is 4.72 Å². The molecule has 0 unspecified atom stereocenters. The highest BCUT2D eigenvalue weighted by Crippen LogP contribution is 2.36. The Balaban J connectivity index is 1.50. The lowest BCUT2D eigenvalue weighted by Crippen LogP contribution is -2.15. The summed E-state index contributed by atoms with van der Waals surface area (Å²) in [6.07, 6.45) is 9.62. The molecular weight excluding hydrogens is 360 g/mol. The number of nitrogens with zero attached hydrogens (tertiary/aromatic N) is 3. The van der Waals surface area contributed by atoms with Crippen molar-refractivity contribution >= 4 is 21.4 Å². The molecule has 1 saturated carbocycles. The van der Waals surface area contributed by atoms with Gasteiger partial charge in [0.2, 0.25) is 0 Å². The highest BCUT2D eigenvalue weighted by molar-refractivity contribution is 7.92. The van der Waals surface area contributed by atoms with Crippen LogP contribution in [0.5, 0.6) is 0 Å². The molecule has 6 nitrogen and oxygen atoms in total. The topological polar surface area (TPSA) is 76.4 Å². The number of aryl methyl sites for hydroxylation is 2. The Hall–Kier alpha value is -2.41. The summed E-state index contributed by atoms with van der Waals surface area (Å²) < 4.78 is 30.6. The summed E-state index contributed by atoms with van der Waals surface area (Å²) in [5.41, 5.74) is 3.44. The Bertz CT molecular complexity index is 1120. The molecule has 2 heterocycles. The lowest BCUT2D eigenvalue weighted by molar-refractivity contribution is 0.399. The maximum Gasteiger partial charge on any atom is 0.262 e. The average molecular weight is 382 g/mol. The molecule has 0 radical (unpaired) electrons. The van der Waals surface area contributed by atoms with Crippen LogP contribution in [0.15, 0.2) is 41.4 Å². The zero-order valence-corrected chi connectivity index (χ0v) is 15.9. The van der Waals surface area contributed by atoms with E-state index in [4.69, 9.17) is 0 Å². The second-order valence-electron chi connectivity index (χ2n) is 7.54. The van der Waals surface area contributed by atoms with Gasteiger partial charge in [-0.05, 0) is 73.9 Å². The van der Waals surface area contributed by atoms with E-state index in [2.05, 4.69) is 14.9 Å². The molecule has 140 valence electrons. The third kappa shape index (κ3) is 2.90. The van der Waals surface area contributed by atoms with Gasteiger partial charge >= 0.3 is 0 Å². The lowest BCUT2D eigenvalue weighted by Gasteiger charge is -2.23. The van der Waals surface area contributed by atoms with Crippen LogP contribution in [0.4, 0.5) is 5.69 Å². The molecule has 0 amide bonds. The highest BCUT2D eigenvalue weighted by Gasteiger charge is 2.26. The number of fused-ring (bicyclic) bond motifs is 2. The predicted octanol–water partition coefficient (Wildman–Crippen LogP) is 3.68. The van der Waals surface area contributed by atoms with Crippen molar-refractivity contribution in [2.45, 2.75) is 55.8 Å². The zero-order chi connectivity index (χ0) is 18.4. The number of sulfonamides is 1. The van der Waals surface area contributed by atoms with Crippen LogP contribution in [0, 0.1) is 0 Å². The first-order valence-electron chi connectivity index (χ1n) is 9.60. The minimum absolute atomic E-state index is 0.309. The minimum Gasteiger partial charge on any atom is -0.284 e. The Morgan fingerprint density at radius 3 is 2.59 bits per heavy atom. The fraction of sp³-hybridized carbons (Fsp3) is 0.400. The summed E-state index contributed by atoms with van der Waals surface area (Å²) in [6, 6.07) is 9.06. The summed E-state index contributed by atoms with van der Waals surface area (Å²) in [4.78, 5) is 0.309. The molecule has 27 heavy (non-hydrogen) atoms. The quantitative estimate of drug-likeness (QED) is 0.747. The van der Waals surface area contributed by atoms with Gasteiger partial charge in [0.15, 0.2) is 5.65 Å². The second-order valence-corrected chi connectivity index (χ2v) is 9.23. The largest absolute Gasteiger partial charge is 0.284 e. The first kappa shape index (κ1) is 16.7. The predicted molar refractivity (Wildman–Crippen MR) is 103 cm³/mol. The highest BCUT2D eigenvalue weighted by atomic mass is 32.2. The Labute approximate surface area is 158 Å². The van der Waals surface area contributed by atoms with Crippen molar-refractivity contribution in [3.05, 3.63) is 53.5 Å². The van der Waals surface area contributed by atoms with Crippen molar-refractivity contribution < 1.29 is 8.42 Å². The van der Waals surface area contributed by atoms with E-state index in [0.29, 0.717) is 22.1 Å². The van der Waals surface area contributed by atoms with Crippen molar-refractivity contribution in [3.63, 3.8) is 0 Å². The number of rotatable bonds is 4. The lowest BCUT2D eigenvalue weighted by atomic mass is 9.85. The van der Waals surface area contributed by atoms with Crippen LogP contribution >= 0.6 is 0 Å². The Morgan fingerprint density at radius 1 is 1.00 bits per heavy atom. The van der Waals surface area contributed by atoms with Gasteiger partial charge in [-0.2, -0.15) is 0 Å². The van der Waals surface area contributed by atoms with Crippen LogP contribution in [0.25, 0.3) is 5.65 Å². The Morgan fingerprint density at radius 2 is 1.81 bits per heavy atom. The molecule has 1 aromatic carbocycles. The molecule has 0 bridgehead atoms. The van der Waals surface area contributed by atoms with Crippen LogP contribution in [-0.4, -0.2) is 23.0 Å². The smallest absolute Gasteiger partial charge is 0.262 e. The van der Waals surface area contributed by atoms with E-state index < -0.39 is 10.0 Å². The van der Waals surface area contributed by atoms with E-state index in [1.807, 2.05) is 28.8 Å². The molecule has 0 saturated heterocycles. The zero-order valence-electron chi connectivity index (χ0n) is 15.1. The van der Waals surface area contributed by atoms with Crippen molar-refractivity contribution in [1.82, 2.24) is 14.6 Å². The Kier molecular flexibility index (Phi) is 3.93. The summed E-state index contributed by atoms with van der Waals surface area (Å²) >= 11 is 0. The summed E-state index contributed by atoms with van der Waals surface area (Å²) in [5.74, 6) is 1.35. The first-order chi connectivity index (χ1) is 13.1. The summed E-state index contributed by atoms with van der Waals surface area (Å²) in [5, 5.41) is 8.57. The van der Waals surface area contributed by atoms with Gasteiger partial charge in [0.1, 0.15) is 5.82 Å². The van der Waals surface area contributed by atoms with Crippen molar-refractivity contribution in [2.24, 2.45) is 0 Å².